The summed E-state index contributed by atoms with van der Waals surface area (Å²) < 4.78 is 0.500. The molecule has 1 aliphatic carbocycles. The molecule has 124 valence electrons. The number of carbonyl (C=O) groups excluding carboxylic acids is 1. The lowest BCUT2D eigenvalue weighted by Crippen LogP contribution is -2.14. The van der Waals surface area contributed by atoms with Crippen molar-refractivity contribution in [2.75, 3.05) is 16.8 Å². The number of rotatable bonds is 4. The number of benzene rings is 1. The van der Waals surface area contributed by atoms with Crippen molar-refractivity contribution < 1.29 is 4.79 Å². The first-order valence-electron chi connectivity index (χ1n) is 8.35. The fourth-order valence-electron chi connectivity index (χ4n) is 3.13. The van der Waals surface area contributed by atoms with Crippen molar-refractivity contribution in [1.82, 2.24) is 4.98 Å². The molecule has 2 fully saturated rings. The third kappa shape index (κ3) is 3.62. The minimum absolute atomic E-state index is 0.0799. The van der Waals surface area contributed by atoms with Gasteiger partial charge in [0.1, 0.15) is 0 Å². The molecule has 24 heavy (non-hydrogen) atoms. The Kier molecular flexibility index (Phi) is 4.81. The molecule has 1 aliphatic heterocycles. The van der Waals surface area contributed by atoms with Crippen molar-refractivity contribution in [2.24, 2.45) is 5.92 Å². The van der Waals surface area contributed by atoms with Crippen LogP contribution in [-0.4, -0.2) is 22.4 Å². The van der Waals surface area contributed by atoms with Gasteiger partial charge in [-0.15, -0.1) is 23.5 Å². The third-order valence-electron chi connectivity index (χ3n) is 4.49. The number of nitrogens with one attached hydrogen (secondary N) is 1. The zero-order valence-corrected chi connectivity index (χ0v) is 15.0. The normalized spacial score (nSPS) is 23.7. The van der Waals surface area contributed by atoms with Crippen molar-refractivity contribution in [3.8, 4) is 0 Å². The van der Waals surface area contributed by atoms with Crippen LogP contribution in [0, 0.1) is 5.92 Å². The minimum atomic E-state index is 0.0799. The number of thioether (sulfide) groups is 2. The van der Waals surface area contributed by atoms with Crippen LogP contribution < -0.4 is 5.32 Å². The summed E-state index contributed by atoms with van der Waals surface area (Å²) in [5.41, 5.74) is 3.39. The van der Waals surface area contributed by atoms with Crippen LogP contribution in [0.15, 0.2) is 48.8 Å². The Hall–Kier alpha value is -1.46. The Morgan fingerprint density at radius 2 is 1.96 bits per heavy atom. The molecule has 1 N–H and O–H groups in total. The van der Waals surface area contributed by atoms with E-state index in [4.69, 9.17) is 0 Å². The molecule has 2 aromatic rings. The molecular formula is C19H20N2OS2. The second-order valence-corrected chi connectivity index (χ2v) is 9.00. The molecule has 0 radical (unpaired) electrons. The molecule has 1 amide bonds. The summed E-state index contributed by atoms with van der Waals surface area (Å²) >= 11 is 4.01. The van der Waals surface area contributed by atoms with E-state index in [2.05, 4.69) is 28.5 Å². The van der Waals surface area contributed by atoms with Crippen LogP contribution in [-0.2, 0) is 4.79 Å². The third-order valence-corrected chi connectivity index (χ3v) is 7.51. The van der Waals surface area contributed by atoms with Crippen molar-refractivity contribution in [3.63, 3.8) is 0 Å². The summed E-state index contributed by atoms with van der Waals surface area (Å²) in [6.07, 6.45) is 5.86. The number of amides is 1. The topological polar surface area (TPSA) is 42.0 Å². The number of carbonyl (C=O) groups is 1. The molecule has 0 bridgehead atoms. The SMILES string of the molecule is O=C(Nc1cccc(C2SCCCS2)c1)C1CC1c1cccnc1. The van der Waals surface area contributed by atoms with Crippen molar-refractivity contribution >= 4 is 35.1 Å². The maximum Gasteiger partial charge on any atom is 0.228 e. The molecule has 4 rings (SSSR count). The maximum absolute atomic E-state index is 12.5. The summed E-state index contributed by atoms with van der Waals surface area (Å²) in [7, 11) is 0. The number of pyridine rings is 1. The van der Waals surface area contributed by atoms with E-state index in [0.717, 1.165) is 12.1 Å². The van der Waals surface area contributed by atoms with Gasteiger partial charge in [-0.25, -0.2) is 0 Å². The van der Waals surface area contributed by atoms with Gasteiger partial charge in [0.15, 0.2) is 0 Å². The molecular weight excluding hydrogens is 336 g/mol. The van der Waals surface area contributed by atoms with E-state index in [9.17, 15) is 4.79 Å². The number of aromatic nitrogens is 1. The monoisotopic (exact) mass is 356 g/mol. The summed E-state index contributed by atoms with van der Waals surface area (Å²) in [5.74, 6) is 2.99. The van der Waals surface area contributed by atoms with Crippen molar-refractivity contribution in [1.29, 1.82) is 0 Å². The van der Waals surface area contributed by atoms with E-state index in [1.54, 1.807) is 6.20 Å². The number of nitrogens with zero attached hydrogens (tertiary/aromatic N) is 1. The Labute approximate surface area is 151 Å². The van der Waals surface area contributed by atoms with Gasteiger partial charge in [0.05, 0.1) is 4.58 Å². The molecule has 2 aliphatic rings. The first-order valence-corrected chi connectivity index (χ1v) is 10.4. The van der Waals surface area contributed by atoms with Crippen molar-refractivity contribution in [2.45, 2.75) is 23.3 Å². The Morgan fingerprint density at radius 3 is 2.75 bits per heavy atom. The fraction of sp³-hybridized carbons (Fsp3) is 0.368. The summed E-state index contributed by atoms with van der Waals surface area (Å²) in [4.78, 5) is 16.7. The molecule has 1 aromatic carbocycles. The lowest BCUT2D eigenvalue weighted by Gasteiger charge is -2.21. The van der Waals surface area contributed by atoms with Gasteiger partial charge in [0, 0.05) is 24.0 Å². The Balaban J connectivity index is 1.40. The van der Waals surface area contributed by atoms with Gasteiger partial charge < -0.3 is 5.32 Å². The van der Waals surface area contributed by atoms with E-state index >= 15 is 0 Å². The zero-order valence-electron chi connectivity index (χ0n) is 13.4. The van der Waals surface area contributed by atoms with Crippen LogP contribution in [0.1, 0.15) is 34.5 Å². The summed E-state index contributed by atoms with van der Waals surface area (Å²) in [6, 6.07) is 12.3. The highest BCUT2D eigenvalue weighted by Crippen LogP contribution is 2.48. The second-order valence-electron chi connectivity index (χ2n) is 6.28. The number of hydrogen-bond acceptors (Lipinski definition) is 4. The van der Waals surface area contributed by atoms with Gasteiger partial charge in [-0.1, -0.05) is 18.2 Å². The van der Waals surface area contributed by atoms with Crippen LogP contribution >= 0.6 is 23.5 Å². The smallest absolute Gasteiger partial charge is 0.228 e. The Morgan fingerprint density at radius 1 is 1.12 bits per heavy atom. The fourth-order valence-corrected chi connectivity index (χ4v) is 6.00. The molecule has 1 saturated heterocycles. The van der Waals surface area contributed by atoms with Crippen LogP contribution in [0.25, 0.3) is 0 Å². The molecule has 1 aromatic heterocycles. The van der Waals surface area contributed by atoms with Gasteiger partial charge in [0.2, 0.25) is 5.91 Å². The summed E-state index contributed by atoms with van der Waals surface area (Å²) in [5, 5.41) is 3.11. The zero-order chi connectivity index (χ0) is 16.4. The van der Waals surface area contributed by atoms with Gasteiger partial charge in [-0.3, -0.25) is 9.78 Å². The number of anilines is 1. The first-order chi connectivity index (χ1) is 11.8. The highest BCUT2D eigenvalue weighted by atomic mass is 32.2. The van der Waals surface area contributed by atoms with E-state index in [1.165, 1.54) is 29.1 Å². The molecule has 2 heterocycles. The molecule has 2 unspecified atom stereocenters. The van der Waals surface area contributed by atoms with E-state index in [0.29, 0.717) is 10.5 Å². The largest absolute Gasteiger partial charge is 0.326 e. The van der Waals surface area contributed by atoms with E-state index < -0.39 is 0 Å². The molecule has 3 nitrogen and oxygen atoms in total. The summed E-state index contributed by atoms with van der Waals surface area (Å²) in [6.45, 7) is 0. The van der Waals surface area contributed by atoms with Crippen molar-refractivity contribution in [3.05, 3.63) is 59.9 Å². The van der Waals surface area contributed by atoms with Gasteiger partial charge in [0.25, 0.3) is 0 Å². The Bertz CT molecular complexity index is 716. The van der Waals surface area contributed by atoms with E-state index in [1.807, 2.05) is 47.9 Å². The molecule has 2 atom stereocenters. The van der Waals surface area contributed by atoms with E-state index in [-0.39, 0.29) is 11.8 Å². The van der Waals surface area contributed by atoms with Crippen LogP contribution in [0.3, 0.4) is 0 Å². The molecule has 5 heteroatoms. The maximum atomic E-state index is 12.5. The second kappa shape index (κ2) is 7.19. The van der Waals surface area contributed by atoms with Gasteiger partial charge in [-0.05, 0) is 59.6 Å². The predicted octanol–water partition coefficient (Wildman–Crippen LogP) is 4.69. The average molecular weight is 357 g/mol. The predicted molar refractivity (Wildman–Crippen MR) is 102 cm³/mol. The quantitative estimate of drug-likeness (QED) is 0.863. The van der Waals surface area contributed by atoms with Gasteiger partial charge in [-0.2, -0.15) is 0 Å². The number of hydrogen-bond donors (Lipinski definition) is 1. The van der Waals surface area contributed by atoms with Crippen LogP contribution in [0.2, 0.25) is 0 Å². The molecule has 1 saturated carbocycles. The molecule has 0 spiro atoms. The first kappa shape index (κ1) is 16.0. The average Bonchev–Trinajstić information content (AvgIpc) is 3.44. The highest BCUT2D eigenvalue weighted by Gasteiger charge is 2.44. The standard InChI is InChI=1S/C19H20N2OS2/c22-18(17-11-16(17)14-5-2-7-20-12-14)21-15-6-1-4-13(10-15)19-23-8-3-9-24-19/h1-2,4-7,10,12,16-17,19H,3,8-9,11H2,(H,21,22). The van der Waals surface area contributed by atoms with Crippen LogP contribution in [0.5, 0.6) is 0 Å². The highest BCUT2D eigenvalue weighted by molar-refractivity contribution is 8.16. The lowest BCUT2D eigenvalue weighted by atomic mass is 10.1. The van der Waals surface area contributed by atoms with Crippen LogP contribution in [0.4, 0.5) is 5.69 Å². The van der Waals surface area contributed by atoms with Gasteiger partial charge >= 0.3 is 0 Å². The minimum Gasteiger partial charge on any atom is -0.326 e. The lowest BCUT2D eigenvalue weighted by molar-refractivity contribution is -0.117.